The van der Waals surface area contributed by atoms with Crippen LogP contribution in [-0.4, -0.2) is 30.4 Å². The molecule has 0 aromatic heterocycles. The summed E-state index contributed by atoms with van der Waals surface area (Å²) < 4.78 is 34.3. The third kappa shape index (κ3) is 5.77. The van der Waals surface area contributed by atoms with E-state index in [1.165, 1.54) is 12.1 Å². The van der Waals surface area contributed by atoms with E-state index in [9.17, 15) is 27.7 Å². The summed E-state index contributed by atoms with van der Waals surface area (Å²) in [5.41, 5.74) is 8.71. The van der Waals surface area contributed by atoms with Crippen molar-refractivity contribution in [2.45, 2.75) is 32.2 Å². The molecule has 0 saturated heterocycles. The van der Waals surface area contributed by atoms with Gasteiger partial charge in [0.2, 0.25) is 0 Å². The molecule has 0 unspecified atom stereocenters. The van der Waals surface area contributed by atoms with Gasteiger partial charge in [-0.1, -0.05) is 48.5 Å². The third-order valence-electron chi connectivity index (χ3n) is 6.48. The Balaban J connectivity index is 0.00000420. The maximum Gasteiger partial charge on any atom is 1.00 e. The van der Waals surface area contributed by atoms with Crippen LogP contribution in [0.2, 0.25) is 0 Å². The molecular formula is C27H23ClKN3O6S. The average molecular weight is 592 g/mol. The van der Waals surface area contributed by atoms with Crippen LogP contribution >= 0.6 is 11.6 Å². The molecule has 39 heavy (non-hydrogen) atoms. The summed E-state index contributed by atoms with van der Waals surface area (Å²) in [5, 5.41) is 14.8. The van der Waals surface area contributed by atoms with Crippen molar-refractivity contribution >= 4 is 56.2 Å². The summed E-state index contributed by atoms with van der Waals surface area (Å²) in [4.78, 5) is 30.2. The van der Waals surface area contributed by atoms with Crippen molar-refractivity contribution in [2.75, 3.05) is 11.1 Å². The van der Waals surface area contributed by atoms with Crippen molar-refractivity contribution < 1.29 is 79.1 Å². The number of ketones is 2. The van der Waals surface area contributed by atoms with E-state index in [0.717, 1.165) is 17.2 Å². The summed E-state index contributed by atoms with van der Waals surface area (Å²) >= 11 is 5.64. The van der Waals surface area contributed by atoms with Gasteiger partial charge in [-0.05, 0) is 49.1 Å². The molecule has 3 aromatic carbocycles. The average Bonchev–Trinajstić information content (AvgIpc) is 2.84. The normalized spacial score (nSPS) is 12.9. The summed E-state index contributed by atoms with van der Waals surface area (Å²) in [6.45, 7) is 8.78. The molecule has 1 aliphatic carbocycles. The van der Waals surface area contributed by atoms with Crippen LogP contribution in [0.1, 0.15) is 54.1 Å². The first-order valence-corrected chi connectivity index (χ1v) is 13.1. The fourth-order valence-electron chi connectivity index (χ4n) is 4.64. The predicted molar refractivity (Wildman–Crippen MR) is 144 cm³/mol. The number of anilines is 3. The Hall–Kier alpha value is -2.35. The third-order valence-corrected chi connectivity index (χ3v) is 7.54. The van der Waals surface area contributed by atoms with E-state index in [1.807, 2.05) is 13.0 Å². The molecule has 4 rings (SSSR count). The predicted octanol–water partition coefficient (Wildman–Crippen LogP) is 0.975. The van der Waals surface area contributed by atoms with Crippen LogP contribution < -0.4 is 67.5 Å². The summed E-state index contributed by atoms with van der Waals surface area (Å²) in [7, 11) is -4.86. The number of aliphatic imine (C=N–C) groups is 1. The molecule has 0 atom stereocenters. The second-order valence-corrected chi connectivity index (χ2v) is 10.8. The number of carbonyl (C=O) groups is 2. The van der Waals surface area contributed by atoms with Crippen LogP contribution in [0.5, 0.6) is 0 Å². The molecule has 0 heterocycles. The van der Waals surface area contributed by atoms with E-state index in [4.69, 9.17) is 17.3 Å². The van der Waals surface area contributed by atoms with Crippen LogP contribution in [0.4, 0.5) is 17.1 Å². The van der Waals surface area contributed by atoms with E-state index in [2.05, 4.69) is 16.9 Å². The largest absolute Gasteiger partial charge is 1.00 e. The van der Waals surface area contributed by atoms with Crippen molar-refractivity contribution in [3.63, 3.8) is 0 Å². The number of hydrogen-bond donors (Lipinski definition) is 3. The smallest absolute Gasteiger partial charge is 0.858 e. The van der Waals surface area contributed by atoms with Crippen LogP contribution in [0, 0.1) is 20.8 Å². The van der Waals surface area contributed by atoms with Crippen molar-refractivity contribution in [3.05, 3.63) is 92.5 Å². The van der Waals surface area contributed by atoms with Gasteiger partial charge in [0.15, 0.2) is 11.6 Å². The standard InChI is InChI=1S/C27H24ClN3O6S.K/c1-12-9-13(2)24(14(3)18(12)11-30-27(34)15(4)28)31-19-10-20(38(35,36)37)23(29)22-21(19)25(32)16-7-5-6-8-17(16)26(22)33;/h5-10,31H,4,11,29H2,1-3H3,(H,30,34)(H,35,36,37);/q;+1/p-1. The Bertz CT molecular complexity index is 1720. The SMILES string of the molecule is C=C(Cl)C([O-])=NCc1c(C)cc(C)c(Nc2cc(S(=O)(=O)O)c(N)c3c2C(=O)c2ccccc2C3=O)c1C.[K+]. The van der Waals surface area contributed by atoms with Gasteiger partial charge >= 0.3 is 51.4 Å². The van der Waals surface area contributed by atoms with Gasteiger partial charge in [-0.15, -0.1) is 0 Å². The fourth-order valence-corrected chi connectivity index (χ4v) is 5.35. The number of carbonyl (C=O) groups excluding carboxylic acids is 2. The maximum atomic E-state index is 13.6. The molecule has 0 spiro atoms. The van der Waals surface area contributed by atoms with Gasteiger partial charge in [0.05, 0.1) is 29.0 Å². The quantitative estimate of drug-likeness (QED) is 0.0982. The van der Waals surface area contributed by atoms with Gasteiger partial charge in [-0.25, -0.2) is 0 Å². The molecule has 0 fully saturated rings. The van der Waals surface area contributed by atoms with Crippen LogP contribution in [0.3, 0.4) is 0 Å². The van der Waals surface area contributed by atoms with E-state index in [-0.39, 0.29) is 90.9 Å². The number of hydrogen-bond acceptors (Lipinski definition) is 8. The maximum absolute atomic E-state index is 13.6. The minimum absolute atomic E-state index is 0. The van der Waals surface area contributed by atoms with Gasteiger partial charge in [0.25, 0.3) is 10.1 Å². The first-order valence-electron chi connectivity index (χ1n) is 11.3. The summed E-state index contributed by atoms with van der Waals surface area (Å²) in [6.07, 6.45) is 0. The molecule has 1 aliphatic rings. The second kappa shape index (κ2) is 11.6. The van der Waals surface area contributed by atoms with Crippen LogP contribution in [0.25, 0.3) is 0 Å². The van der Waals surface area contributed by atoms with Crippen molar-refractivity contribution in [3.8, 4) is 0 Å². The number of nitrogens with zero attached hydrogens (tertiary/aromatic N) is 1. The Morgan fingerprint density at radius 2 is 1.64 bits per heavy atom. The molecule has 0 radical (unpaired) electrons. The molecule has 4 N–H and O–H groups in total. The Kier molecular flexibility index (Phi) is 9.30. The molecule has 0 bridgehead atoms. The molecule has 196 valence electrons. The number of fused-ring (bicyclic) bond motifs is 2. The molecule has 0 amide bonds. The minimum atomic E-state index is -4.86. The first kappa shape index (κ1) is 31.2. The van der Waals surface area contributed by atoms with Gasteiger partial charge in [0, 0.05) is 27.7 Å². The summed E-state index contributed by atoms with van der Waals surface area (Å²) in [6, 6.07) is 9.00. The topological polar surface area (TPSA) is 162 Å². The number of nitrogens with one attached hydrogen (secondary N) is 1. The van der Waals surface area contributed by atoms with E-state index in [1.54, 1.807) is 26.0 Å². The van der Waals surface area contributed by atoms with E-state index in [0.29, 0.717) is 16.8 Å². The van der Waals surface area contributed by atoms with E-state index < -0.39 is 38.2 Å². The second-order valence-electron chi connectivity index (χ2n) is 8.91. The van der Waals surface area contributed by atoms with Crippen LogP contribution in [-0.2, 0) is 16.7 Å². The van der Waals surface area contributed by atoms with Crippen LogP contribution in [0.15, 0.2) is 57.9 Å². The van der Waals surface area contributed by atoms with Gasteiger partial charge in [0.1, 0.15) is 4.90 Å². The number of rotatable bonds is 6. The van der Waals surface area contributed by atoms with Crippen molar-refractivity contribution in [1.82, 2.24) is 0 Å². The molecule has 12 heteroatoms. The number of benzene rings is 3. The molecule has 0 aliphatic heterocycles. The first-order chi connectivity index (χ1) is 17.7. The van der Waals surface area contributed by atoms with Gasteiger partial charge in [-0.2, -0.15) is 8.42 Å². The van der Waals surface area contributed by atoms with Crippen molar-refractivity contribution in [2.24, 2.45) is 4.99 Å². The zero-order chi connectivity index (χ0) is 28.1. The van der Waals surface area contributed by atoms with Crippen molar-refractivity contribution in [1.29, 1.82) is 0 Å². The number of nitrogen functional groups attached to an aromatic ring is 1. The monoisotopic (exact) mass is 591 g/mol. The van der Waals surface area contributed by atoms with Gasteiger partial charge in [-0.3, -0.25) is 19.1 Å². The zero-order valence-electron chi connectivity index (χ0n) is 21.7. The van der Waals surface area contributed by atoms with E-state index >= 15 is 0 Å². The molecule has 0 saturated carbocycles. The minimum Gasteiger partial charge on any atom is -0.858 e. The molecule has 9 nitrogen and oxygen atoms in total. The Labute approximate surface area is 273 Å². The summed E-state index contributed by atoms with van der Waals surface area (Å²) in [5.74, 6) is -1.83. The Morgan fingerprint density at radius 3 is 2.18 bits per heavy atom. The molecular weight excluding hydrogens is 569 g/mol. The number of nitrogens with two attached hydrogens (primary N) is 1. The Morgan fingerprint density at radius 1 is 1.08 bits per heavy atom. The number of aryl methyl sites for hydroxylation is 2. The molecule has 3 aromatic rings. The van der Waals surface area contributed by atoms with Gasteiger partial charge < -0.3 is 16.2 Å². The zero-order valence-corrected chi connectivity index (χ0v) is 26.4. The fraction of sp³-hybridized carbons (Fsp3) is 0.148. The number of halogens is 1.